The summed E-state index contributed by atoms with van der Waals surface area (Å²) < 4.78 is 40.1. The van der Waals surface area contributed by atoms with Gasteiger partial charge in [-0.3, -0.25) is 0 Å². The molecule has 1 heterocycles. The van der Waals surface area contributed by atoms with Gasteiger partial charge in [-0.05, 0) is 42.0 Å². The fourth-order valence-corrected chi connectivity index (χ4v) is 3.85. The smallest absolute Gasteiger partial charge is 0.336 e. The van der Waals surface area contributed by atoms with E-state index in [0.717, 1.165) is 22.6 Å². The molecule has 1 unspecified atom stereocenters. The third-order valence-corrected chi connectivity index (χ3v) is 5.70. The first-order valence-corrected chi connectivity index (χ1v) is 9.21. The minimum absolute atomic E-state index is 0.0734. The molecule has 1 atom stereocenters. The standard InChI is InChI=1S/C18H13Cl2F3N2S/c19-15-6-1-12(9-16(15)20)17(10-25-8-7-24-11-25)26-14-4-2-13(3-5-14)18(21,22)23/h1-9,11,17H,10H2. The van der Waals surface area contributed by atoms with Gasteiger partial charge in [0.05, 0.1) is 27.2 Å². The fourth-order valence-electron chi connectivity index (χ4n) is 2.40. The van der Waals surface area contributed by atoms with Gasteiger partial charge in [-0.2, -0.15) is 13.2 Å². The van der Waals surface area contributed by atoms with Gasteiger partial charge in [-0.1, -0.05) is 29.3 Å². The first kappa shape index (κ1) is 19.1. The first-order chi connectivity index (χ1) is 12.3. The van der Waals surface area contributed by atoms with Crippen molar-refractivity contribution in [3.63, 3.8) is 0 Å². The molecule has 0 N–H and O–H groups in total. The van der Waals surface area contributed by atoms with Crippen molar-refractivity contribution in [2.75, 3.05) is 0 Å². The van der Waals surface area contributed by atoms with Crippen LogP contribution >= 0.6 is 35.0 Å². The topological polar surface area (TPSA) is 17.8 Å². The van der Waals surface area contributed by atoms with Gasteiger partial charge in [0.1, 0.15) is 0 Å². The molecular formula is C18H13Cl2F3N2S. The van der Waals surface area contributed by atoms with Crippen LogP contribution in [0, 0.1) is 0 Å². The number of imidazole rings is 1. The highest BCUT2D eigenvalue weighted by Gasteiger charge is 2.30. The van der Waals surface area contributed by atoms with Crippen molar-refractivity contribution >= 4 is 35.0 Å². The Morgan fingerprint density at radius 1 is 1.04 bits per heavy atom. The van der Waals surface area contributed by atoms with E-state index >= 15 is 0 Å². The Bertz CT molecular complexity index is 865. The summed E-state index contributed by atoms with van der Waals surface area (Å²) in [5.74, 6) is 0. The number of aromatic nitrogens is 2. The van der Waals surface area contributed by atoms with Crippen LogP contribution in [0.4, 0.5) is 13.2 Å². The average Bonchev–Trinajstić information content (AvgIpc) is 3.09. The lowest BCUT2D eigenvalue weighted by Crippen LogP contribution is -2.06. The van der Waals surface area contributed by atoms with E-state index in [1.807, 2.05) is 16.8 Å². The van der Waals surface area contributed by atoms with E-state index in [4.69, 9.17) is 23.2 Å². The van der Waals surface area contributed by atoms with E-state index in [-0.39, 0.29) is 5.25 Å². The summed E-state index contributed by atoms with van der Waals surface area (Å²) in [6.07, 6.45) is 0.855. The molecule has 8 heteroatoms. The molecule has 2 aromatic carbocycles. The van der Waals surface area contributed by atoms with Crippen LogP contribution in [0.3, 0.4) is 0 Å². The van der Waals surface area contributed by atoms with Crippen molar-refractivity contribution in [2.24, 2.45) is 0 Å². The van der Waals surface area contributed by atoms with Crippen LogP contribution in [-0.4, -0.2) is 9.55 Å². The van der Waals surface area contributed by atoms with E-state index in [9.17, 15) is 13.2 Å². The van der Waals surface area contributed by atoms with Gasteiger partial charge in [0.2, 0.25) is 0 Å². The highest BCUT2D eigenvalue weighted by Crippen LogP contribution is 2.39. The van der Waals surface area contributed by atoms with Gasteiger partial charge in [-0.15, -0.1) is 11.8 Å². The van der Waals surface area contributed by atoms with Crippen molar-refractivity contribution in [3.05, 3.63) is 82.4 Å². The van der Waals surface area contributed by atoms with Crippen molar-refractivity contribution < 1.29 is 13.2 Å². The Morgan fingerprint density at radius 2 is 1.77 bits per heavy atom. The lowest BCUT2D eigenvalue weighted by molar-refractivity contribution is -0.137. The van der Waals surface area contributed by atoms with E-state index < -0.39 is 11.7 Å². The Balaban J connectivity index is 1.86. The van der Waals surface area contributed by atoms with Gasteiger partial charge >= 0.3 is 6.18 Å². The highest BCUT2D eigenvalue weighted by atomic mass is 35.5. The number of benzene rings is 2. The third kappa shape index (κ3) is 4.75. The lowest BCUT2D eigenvalue weighted by atomic mass is 10.1. The van der Waals surface area contributed by atoms with Gasteiger partial charge in [0, 0.05) is 23.8 Å². The zero-order chi connectivity index (χ0) is 18.7. The third-order valence-electron chi connectivity index (χ3n) is 3.71. The Kier molecular flexibility index (Phi) is 5.85. The number of hydrogen-bond donors (Lipinski definition) is 0. The lowest BCUT2D eigenvalue weighted by Gasteiger charge is -2.19. The summed E-state index contributed by atoms with van der Waals surface area (Å²) in [6, 6.07) is 10.5. The molecular weight excluding hydrogens is 404 g/mol. The van der Waals surface area contributed by atoms with Crippen molar-refractivity contribution in [1.82, 2.24) is 9.55 Å². The van der Waals surface area contributed by atoms with Crippen LogP contribution in [0.25, 0.3) is 0 Å². The Morgan fingerprint density at radius 3 is 2.35 bits per heavy atom. The number of hydrogen-bond acceptors (Lipinski definition) is 2. The molecule has 0 aliphatic carbocycles. The molecule has 3 aromatic rings. The van der Waals surface area contributed by atoms with Crippen LogP contribution in [-0.2, 0) is 12.7 Å². The van der Waals surface area contributed by atoms with Gasteiger partial charge in [-0.25, -0.2) is 4.98 Å². The molecule has 0 saturated carbocycles. The maximum atomic E-state index is 12.7. The molecule has 0 aliphatic heterocycles. The minimum Gasteiger partial charge on any atom is -0.336 e. The maximum Gasteiger partial charge on any atom is 0.416 e. The highest BCUT2D eigenvalue weighted by molar-refractivity contribution is 7.99. The monoisotopic (exact) mass is 416 g/mol. The summed E-state index contributed by atoms with van der Waals surface area (Å²) in [7, 11) is 0. The SMILES string of the molecule is FC(F)(F)c1ccc(SC(Cn2ccnc2)c2ccc(Cl)c(Cl)c2)cc1. The van der Waals surface area contributed by atoms with Crippen molar-refractivity contribution in [1.29, 1.82) is 0 Å². The molecule has 2 nitrogen and oxygen atoms in total. The molecule has 26 heavy (non-hydrogen) atoms. The second-order valence-electron chi connectivity index (χ2n) is 5.56. The average molecular weight is 417 g/mol. The van der Waals surface area contributed by atoms with Crippen LogP contribution in [0.1, 0.15) is 16.4 Å². The zero-order valence-corrected chi connectivity index (χ0v) is 15.6. The molecule has 0 amide bonds. The zero-order valence-electron chi connectivity index (χ0n) is 13.3. The van der Waals surface area contributed by atoms with E-state index in [1.54, 1.807) is 24.7 Å². The quantitative estimate of drug-likeness (QED) is 0.428. The van der Waals surface area contributed by atoms with E-state index in [2.05, 4.69) is 4.98 Å². The number of alkyl halides is 3. The summed E-state index contributed by atoms with van der Waals surface area (Å²) in [4.78, 5) is 4.76. The molecule has 136 valence electrons. The first-order valence-electron chi connectivity index (χ1n) is 7.57. The Hall–Kier alpha value is -1.63. The molecule has 0 saturated heterocycles. The largest absolute Gasteiger partial charge is 0.416 e. The predicted octanol–water partition coefficient (Wildman–Crippen LogP) is 6.74. The van der Waals surface area contributed by atoms with Crippen molar-refractivity contribution in [3.8, 4) is 0 Å². The molecule has 0 radical (unpaired) electrons. The second-order valence-corrected chi connectivity index (χ2v) is 7.65. The number of halogens is 5. The van der Waals surface area contributed by atoms with Gasteiger partial charge in [0.15, 0.2) is 0 Å². The van der Waals surface area contributed by atoms with Crippen LogP contribution < -0.4 is 0 Å². The summed E-state index contributed by atoms with van der Waals surface area (Å²) >= 11 is 13.6. The van der Waals surface area contributed by atoms with E-state index in [1.165, 1.54) is 23.9 Å². The molecule has 1 aromatic heterocycles. The summed E-state index contributed by atoms with van der Waals surface area (Å²) in [5.41, 5.74) is 0.264. The Labute approximate surface area is 163 Å². The molecule has 3 rings (SSSR count). The molecule has 0 aliphatic rings. The second kappa shape index (κ2) is 7.94. The fraction of sp³-hybridized carbons (Fsp3) is 0.167. The number of nitrogens with zero attached hydrogens (tertiary/aromatic N) is 2. The van der Waals surface area contributed by atoms with Crippen molar-refractivity contribution in [2.45, 2.75) is 22.9 Å². The molecule has 0 spiro atoms. The maximum absolute atomic E-state index is 12.7. The predicted molar refractivity (Wildman–Crippen MR) is 98.7 cm³/mol. The molecule has 0 fully saturated rings. The van der Waals surface area contributed by atoms with Crippen LogP contribution in [0.2, 0.25) is 10.0 Å². The van der Waals surface area contributed by atoms with Gasteiger partial charge in [0.25, 0.3) is 0 Å². The van der Waals surface area contributed by atoms with Crippen LogP contribution in [0.5, 0.6) is 0 Å². The summed E-state index contributed by atoms with van der Waals surface area (Å²) in [5, 5.41) is 0.819. The number of thioether (sulfide) groups is 1. The summed E-state index contributed by atoms with van der Waals surface area (Å²) in [6.45, 7) is 0.587. The normalized spacial score (nSPS) is 13.0. The van der Waals surface area contributed by atoms with Crippen LogP contribution in [0.15, 0.2) is 66.1 Å². The molecule has 0 bridgehead atoms. The minimum atomic E-state index is -4.34. The number of rotatable bonds is 5. The van der Waals surface area contributed by atoms with Gasteiger partial charge < -0.3 is 4.57 Å². The van der Waals surface area contributed by atoms with E-state index in [0.29, 0.717) is 16.6 Å².